The zero-order chi connectivity index (χ0) is 16.6. The van der Waals surface area contributed by atoms with E-state index in [0.717, 1.165) is 16.6 Å². The minimum atomic E-state index is -0.365. The Hall–Kier alpha value is -2.13. The van der Waals surface area contributed by atoms with Crippen molar-refractivity contribution in [2.45, 2.75) is 32.7 Å². The number of nitrogens with zero attached hydrogens (tertiary/aromatic N) is 2. The fraction of sp³-hybridized carbons (Fsp3) is 0.263. The quantitative estimate of drug-likeness (QED) is 0.699. The van der Waals surface area contributed by atoms with Crippen LogP contribution in [0.25, 0.3) is 10.8 Å². The molecule has 0 aliphatic heterocycles. The molecule has 0 aliphatic carbocycles. The lowest BCUT2D eigenvalue weighted by Gasteiger charge is -2.22. The molecule has 1 heterocycles. The standard InChI is InChI=1S/C19H19ClN2O/c1-19(2,3)22-18(23)16-7-5-4-6-15(16)17(21-22)12-13-8-10-14(20)11-9-13/h4-11H,12H2,1-3H3. The molecular weight excluding hydrogens is 308 g/mol. The van der Waals surface area contributed by atoms with Gasteiger partial charge in [-0.2, -0.15) is 5.10 Å². The van der Waals surface area contributed by atoms with E-state index < -0.39 is 0 Å². The topological polar surface area (TPSA) is 34.9 Å². The third kappa shape index (κ3) is 3.15. The van der Waals surface area contributed by atoms with Crippen molar-refractivity contribution in [1.82, 2.24) is 9.78 Å². The van der Waals surface area contributed by atoms with E-state index in [2.05, 4.69) is 5.10 Å². The molecule has 2 aromatic carbocycles. The maximum Gasteiger partial charge on any atom is 0.275 e. The second kappa shape index (κ2) is 5.82. The minimum absolute atomic E-state index is 0.0482. The largest absolute Gasteiger partial charge is 0.275 e. The highest BCUT2D eigenvalue weighted by Crippen LogP contribution is 2.20. The van der Waals surface area contributed by atoms with Crippen LogP contribution in [0.4, 0.5) is 0 Å². The van der Waals surface area contributed by atoms with Crippen LogP contribution in [0.15, 0.2) is 53.3 Å². The Balaban J connectivity index is 2.21. The molecule has 0 N–H and O–H groups in total. The highest BCUT2D eigenvalue weighted by atomic mass is 35.5. The molecule has 118 valence electrons. The molecule has 0 atom stereocenters. The summed E-state index contributed by atoms with van der Waals surface area (Å²) in [6, 6.07) is 15.4. The van der Waals surface area contributed by atoms with Crippen LogP contribution >= 0.6 is 11.6 Å². The fourth-order valence-electron chi connectivity index (χ4n) is 2.64. The van der Waals surface area contributed by atoms with Crippen LogP contribution in [0.5, 0.6) is 0 Å². The maximum absolute atomic E-state index is 12.7. The van der Waals surface area contributed by atoms with Gasteiger partial charge in [0.05, 0.1) is 16.6 Å². The molecule has 3 nitrogen and oxygen atoms in total. The number of hydrogen-bond donors (Lipinski definition) is 0. The van der Waals surface area contributed by atoms with Gasteiger partial charge in [-0.15, -0.1) is 0 Å². The van der Waals surface area contributed by atoms with Gasteiger partial charge in [0.25, 0.3) is 5.56 Å². The van der Waals surface area contributed by atoms with Crippen molar-refractivity contribution in [1.29, 1.82) is 0 Å². The number of hydrogen-bond acceptors (Lipinski definition) is 2. The van der Waals surface area contributed by atoms with E-state index in [1.54, 1.807) is 4.68 Å². The third-order valence-electron chi connectivity index (χ3n) is 3.80. The summed E-state index contributed by atoms with van der Waals surface area (Å²) in [5, 5.41) is 6.99. The van der Waals surface area contributed by atoms with E-state index in [4.69, 9.17) is 11.6 Å². The first-order valence-electron chi connectivity index (χ1n) is 7.62. The van der Waals surface area contributed by atoms with Gasteiger partial charge in [-0.3, -0.25) is 4.79 Å². The van der Waals surface area contributed by atoms with E-state index in [1.807, 2.05) is 69.3 Å². The summed E-state index contributed by atoms with van der Waals surface area (Å²) in [5.41, 5.74) is 1.60. The molecule has 0 spiro atoms. The zero-order valence-electron chi connectivity index (χ0n) is 13.5. The Kier molecular flexibility index (Phi) is 3.99. The van der Waals surface area contributed by atoms with Gasteiger partial charge in [0.2, 0.25) is 0 Å². The highest BCUT2D eigenvalue weighted by Gasteiger charge is 2.19. The van der Waals surface area contributed by atoms with Gasteiger partial charge in [-0.1, -0.05) is 41.9 Å². The summed E-state index contributed by atoms with van der Waals surface area (Å²) < 4.78 is 1.58. The average molecular weight is 327 g/mol. The van der Waals surface area contributed by atoms with Gasteiger partial charge in [0, 0.05) is 16.8 Å². The predicted molar refractivity (Wildman–Crippen MR) is 95.3 cm³/mol. The van der Waals surface area contributed by atoms with E-state index in [-0.39, 0.29) is 11.1 Å². The zero-order valence-corrected chi connectivity index (χ0v) is 14.3. The molecule has 0 fully saturated rings. The lowest BCUT2D eigenvalue weighted by Crippen LogP contribution is -2.36. The smallest absolute Gasteiger partial charge is 0.267 e. The van der Waals surface area contributed by atoms with Crippen molar-refractivity contribution in [3.63, 3.8) is 0 Å². The second-order valence-electron chi connectivity index (χ2n) is 6.68. The molecule has 4 heteroatoms. The van der Waals surface area contributed by atoms with Crippen molar-refractivity contribution < 1.29 is 0 Å². The molecular formula is C19H19ClN2O. The SMILES string of the molecule is CC(C)(C)n1nc(Cc2ccc(Cl)cc2)c2ccccc2c1=O. The number of halogens is 1. The van der Waals surface area contributed by atoms with E-state index in [1.165, 1.54) is 0 Å². The summed E-state index contributed by atoms with van der Waals surface area (Å²) in [6.07, 6.45) is 0.661. The van der Waals surface area contributed by atoms with Crippen LogP contribution in [0.3, 0.4) is 0 Å². The molecule has 1 aromatic heterocycles. The van der Waals surface area contributed by atoms with Gasteiger partial charge in [-0.25, -0.2) is 4.68 Å². The first-order valence-corrected chi connectivity index (χ1v) is 8.00. The molecule has 0 aliphatic rings. The first-order chi connectivity index (χ1) is 10.9. The van der Waals surface area contributed by atoms with Crippen molar-refractivity contribution in [3.05, 3.63) is 75.2 Å². The van der Waals surface area contributed by atoms with Crippen LogP contribution in [-0.4, -0.2) is 9.78 Å². The first kappa shape index (κ1) is 15.8. The van der Waals surface area contributed by atoms with Crippen molar-refractivity contribution in [3.8, 4) is 0 Å². The Labute approximate surface area is 140 Å². The lowest BCUT2D eigenvalue weighted by molar-refractivity contribution is 0.337. The van der Waals surface area contributed by atoms with E-state index in [0.29, 0.717) is 16.8 Å². The number of benzene rings is 2. The predicted octanol–water partition coefficient (Wildman–Crippen LogP) is 4.40. The monoisotopic (exact) mass is 326 g/mol. The Morgan fingerprint density at radius 3 is 2.22 bits per heavy atom. The summed E-state index contributed by atoms with van der Waals surface area (Å²) >= 11 is 5.95. The van der Waals surface area contributed by atoms with Crippen LogP contribution in [0.2, 0.25) is 5.02 Å². The van der Waals surface area contributed by atoms with Gasteiger partial charge >= 0.3 is 0 Å². The molecule has 3 rings (SSSR count). The summed E-state index contributed by atoms with van der Waals surface area (Å²) in [5.74, 6) is 0. The number of rotatable bonds is 2. The van der Waals surface area contributed by atoms with Gasteiger partial charge < -0.3 is 0 Å². The van der Waals surface area contributed by atoms with Gasteiger partial charge in [0.1, 0.15) is 0 Å². The van der Waals surface area contributed by atoms with Gasteiger partial charge in [0.15, 0.2) is 0 Å². The second-order valence-corrected chi connectivity index (χ2v) is 7.12. The molecule has 0 saturated heterocycles. The Bertz CT molecular complexity index is 905. The average Bonchev–Trinajstić information content (AvgIpc) is 2.51. The van der Waals surface area contributed by atoms with E-state index in [9.17, 15) is 4.79 Å². The molecule has 0 radical (unpaired) electrons. The highest BCUT2D eigenvalue weighted by molar-refractivity contribution is 6.30. The normalized spacial score (nSPS) is 11.8. The molecule has 3 aromatic rings. The third-order valence-corrected chi connectivity index (χ3v) is 4.05. The van der Waals surface area contributed by atoms with Crippen molar-refractivity contribution in [2.75, 3.05) is 0 Å². The van der Waals surface area contributed by atoms with Crippen molar-refractivity contribution in [2.24, 2.45) is 0 Å². The number of aromatic nitrogens is 2. The lowest BCUT2D eigenvalue weighted by atomic mass is 10.0. The van der Waals surface area contributed by atoms with Crippen LogP contribution < -0.4 is 5.56 Å². The fourth-order valence-corrected chi connectivity index (χ4v) is 2.76. The molecule has 0 amide bonds. The molecule has 0 unspecified atom stereocenters. The van der Waals surface area contributed by atoms with Crippen LogP contribution in [0, 0.1) is 0 Å². The summed E-state index contributed by atoms with van der Waals surface area (Å²) in [4.78, 5) is 12.7. The summed E-state index contributed by atoms with van der Waals surface area (Å²) in [7, 11) is 0. The maximum atomic E-state index is 12.7. The number of fused-ring (bicyclic) bond motifs is 1. The van der Waals surface area contributed by atoms with E-state index >= 15 is 0 Å². The molecule has 23 heavy (non-hydrogen) atoms. The minimum Gasteiger partial charge on any atom is -0.267 e. The molecule has 0 bridgehead atoms. The molecule has 0 saturated carbocycles. The van der Waals surface area contributed by atoms with Crippen LogP contribution in [0.1, 0.15) is 32.0 Å². The van der Waals surface area contributed by atoms with Gasteiger partial charge in [-0.05, 0) is 44.5 Å². The Morgan fingerprint density at radius 1 is 1.00 bits per heavy atom. The summed E-state index contributed by atoms with van der Waals surface area (Å²) in [6.45, 7) is 5.97. The van der Waals surface area contributed by atoms with Crippen LogP contribution in [-0.2, 0) is 12.0 Å². The Morgan fingerprint density at radius 2 is 1.61 bits per heavy atom. The van der Waals surface area contributed by atoms with Crippen molar-refractivity contribution >= 4 is 22.4 Å².